The molecule has 0 N–H and O–H groups in total. The molecule has 2 atom stereocenters. The summed E-state index contributed by atoms with van der Waals surface area (Å²) in [4.78, 5) is 2.55. The van der Waals surface area contributed by atoms with Crippen LogP contribution in [-0.2, 0) is 0 Å². The molecule has 2 nitrogen and oxygen atoms in total. The van der Waals surface area contributed by atoms with Gasteiger partial charge in [0.25, 0.3) is 0 Å². The van der Waals surface area contributed by atoms with Crippen molar-refractivity contribution < 1.29 is 0 Å². The highest BCUT2D eigenvalue weighted by molar-refractivity contribution is 4.95. The number of nitriles is 1. The minimum Gasteiger partial charge on any atom is -0.299 e. The third kappa shape index (κ3) is 3.50. The molecule has 0 bridgehead atoms. The maximum absolute atomic E-state index is 9.17. The lowest BCUT2D eigenvalue weighted by molar-refractivity contribution is 0.127. The van der Waals surface area contributed by atoms with Crippen molar-refractivity contribution >= 4 is 0 Å². The Balaban J connectivity index is 2.58. The quantitative estimate of drug-likeness (QED) is 0.694. The monoisotopic (exact) mass is 208 g/mol. The first-order valence-corrected chi connectivity index (χ1v) is 6.47. The van der Waals surface area contributed by atoms with E-state index in [2.05, 4.69) is 24.8 Å². The zero-order valence-corrected chi connectivity index (χ0v) is 10.2. The van der Waals surface area contributed by atoms with Crippen molar-refractivity contribution in [2.45, 2.75) is 58.4 Å². The Morgan fingerprint density at radius 3 is 2.27 bits per heavy atom. The molecule has 1 aliphatic carbocycles. The van der Waals surface area contributed by atoms with E-state index in [0.717, 1.165) is 19.5 Å². The lowest BCUT2D eigenvalue weighted by Gasteiger charge is -2.37. The van der Waals surface area contributed by atoms with E-state index in [1.54, 1.807) is 0 Å². The Labute approximate surface area is 94.3 Å². The molecule has 0 amide bonds. The van der Waals surface area contributed by atoms with E-state index < -0.39 is 0 Å². The highest BCUT2D eigenvalue weighted by Gasteiger charge is 2.28. The van der Waals surface area contributed by atoms with Gasteiger partial charge in [0.1, 0.15) is 0 Å². The Bertz CT molecular complexity index is 201. The fourth-order valence-corrected chi connectivity index (χ4v) is 2.72. The topological polar surface area (TPSA) is 27.0 Å². The number of hydrogen-bond donors (Lipinski definition) is 0. The van der Waals surface area contributed by atoms with Gasteiger partial charge in [0.2, 0.25) is 0 Å². The molecular weight excluding hydrogens is 184 g/mol. The third-order valence-corrected chi connectivity index (χ3v) is 3.39. The first-order chi connectivity index (χ1) is 7.33. The minimum absolute atomic E-state index is 0.289. The summed E-state index contributed by atoms with van der Waals surface area (Å²) in [5.74, 6) is 0.289. The summed E-state index contributed by atoms with van der Waals surface area (Å²) < 4.78 is 0. The Morgan fingerprint density at radius 1 is 1.13 bits per heavy atom. The number of rotatable bonds is 5. The highest BCUT2D eigenvalue weighted by Crippen LogP contribution is 2.28. The van der Waals surface area contributed by atoms with Crippen LogP contribution < -0.4 is 0 Å². The number of nitrogens with zero attached hydrogens (tertiary/aromatic N) is 2. The molecule has 1 fully saturated rings. The van der Waals surface area contributed by atoms with Crippen molar-refractivity contribution in [3.63, 3.8) is 0 Å². The standard InChI is InChI=1S/C13H24N2/c1-3-9-15(10-4-2)13-8-6-5-7-12(13)11-14/h12-13H,3-10H2,1-2H3. The zero-order chi connectivity index (χ0) is 11.1. The third-order valence-electron chi connectivity index (χ3n) is 3.39. The van der Waals surface area contributed by atoms with E-state index >= 15 is 0 Å². The van der Waals surface area contributed by atoms with Gasteiger partial charge in [-0.25, -0.2) is 0 Å². The largest absolute Gasteiger partial charge is 0.299 e. The maximum Gasteiger partial charge on any atom is 0.0672 e. The molecule has 0 aliphatic heterocycles. The average molecular weight is 208 g/mol. The van der Waals surface area contributed by atoms with Crippen LogP contribution in [0.1, 0.15) is 52.4 Å². The molecule has 86 valence electrons. The molecule has 2 unspecified atom stereocenters. The molecule has 1 rings (SSSR count). The van der Waals surface area contributed by atoms with Crippen LogP contribution in [0.15, 0.2) is 0 Å². The molecule has 2 heteroatoms. The smallest absolute Gasteiger partial charge is 0.0672 e. The molecule has 0 spiro atoms. The molecule has 1 aliphatic rings. The van der Waals surface area contributed by atoms with Crippen LogP contribution in [0.3, 0.4) is 0 Å². The van der Waals surface area contributed by atoms with E-state index in [-0.39, 0.29) is 5.92 Å². The molecule has 1 saturated carbocycles. The first-order valence-electron chi connectivity index (χ1n) is 6.47. The van der Waals surface area contributed by atoms with Crippen LogP contribution in [0, 0.1) is 17.2 Å². The van der Waals surface area contributed by atoms with Gasteiger partial charge < -0.3 is 0 Å². The maximum atomic E-state index is 9.17. The second-order valence-electron chi connectivity index (χ2n) is 4.62. The van der Waals surface area contributed by atoms with Crippen molar-refractivity contribution in [1.82, 2.24) is 4.90 Å². The van der Waals surface area contributed by atoms with Crippen LogP contribution >= 0.6 is 0 Å². The lowest BCUT2D eigenvalue weighted by Crippen LogP contribution is -2.42. The molecule has 0 heterocycles. The molecule has 0 aromatic rings. The van der Waals surface area contributed by atoms with Crippen LogP contribution in [0.5, 0.6) is 0 Å². The van der Waals surface area contributed by atoms with Crippen LogP contribution in [0.2, 0.25) is 0 Å². The van der Waals surface area contributed by atoms with Crippen molar-refractivity contribution in [2.24, 2.45) is 5.92 Å². The van der Waals surface area contributed by atoms with Crippen molar-refractivity contribution in [1.29, 1.82) is 5.26 Å². The minimum atomic E-state index is 0.289. The summed E-state index contributed by atoms with van der Waals surface area (Å²) >= 11 is 0. The summed E-state index contributed by atoms with van der Waals surface area (Å²) in [6, 6.07) is 3.05. The van der Waals surface area contributed by atoms with Crippen LogP contribution in [0.4, 0.5) is 0 Å². The van der Waals surface area contributed by atoms with Crippen LogP contribution in [0.25, 0.3) is 0 Å². The highest BCUT2D eigenvalue weighted by atomic mass is 15.2. The van der Waals surface area contributed by atoms with E-state index in [9.17, 15) is 5.26 Å². The van der Waals surface area contributed by atoms with Crippen molar-refractivity contribution in [2.75, 3.05) is 13.1 Å². The average Bonchev–Trinajstić information content (AvgIpc) is 2.29. The summed E-state index contributed by atoms with van der Waals surface area (Å²) in [6.45, 7) is 6.78. The molecule has 0 radical (unpaired) electrons. The molecular formula is C13H24N2. The zero-order valence-electron chi connectivity index (χ0n) is 10.2. The first kappa shape index (κ1) is 12.5. The Kier molecular flexibility index (Phi) is 5.71. The summed E-state index contributed by atoms with van der Waals surface area (Å²) in [5, 5.41) is 9.17. The molecule has 15 heavy (non-hydrogen) atoms. The van der Waals surface area contributed by atoms with Crippen LogP contribution in [-0.4, -0.2) is 24.0 Å². The van der Waals surface area contributed by atoms with Crippen molar-refractivity contribution in [3.8, 4) is 6.07 Å². The van der Waals surface area contributed by atoms with E-state index in [0.29, 0.717) is 6.04 Å². The SMILES string of the molecule is CCCN(CCC)C1CCCCC1C#N. The van der Waals surface area contributed by atoms with Gasteiger partial charge in [0.05, 0.1) is 12.0 Å². The van der Waals surface area contributed by atoms with Gasteiger partial charge in [-0.1, -0.05) is 26.7 Å². The molecule has 0 aromatic heterocycles. The predicted molar refractivity (Wildman–Crippen MR) is 63.5 cm³/mol. The molecule has 0 aromatic carbocycles. The van der Waals surface area contributed by atoms with Gasteiger partial charge in [-0.05, 0) is 38.8 Å². The van der Waals surface area contributed by atoms with Gasteiger partial charge in [-0.2, -0.15) is 5.26 Å². The van der Waals surface area contributed by atoms with Gasteiger partial charge in [-0.3, -0.25) is 4.90 Å². The van der Waals surface area contributed by atoms with E-state index in [1.165, 1.54) is 32.1 Å². The Morgan fingerprint density at radius 2 is 1.73 bits per heavy atom. The normalized spacial score (nSPS) is 26.5. The Hall–Kier alpha value is -0.550. The van der Waals surface area contributed by atoms with E-state index in [4.69, 9.17) is 0 Å². The van der Waals surface area contributed by atoms with Gasteiger partial charge >= 0.3 is 0 Å². The van der Waals surface area contributed by atoms with Gasteiger partial charge in [0, 0.05) is 6.04 Å². The predicted octanol–water partition coefficient (Wildman–Crippen LogP) is 3.19. The van der Waals surface area contributed by atoms with Gasteiger partial charge in [-0.15, -0.1) is 0 Å². The summed E-state index contributed by atoms with van der Waals surface area (Å²) in [5.41, 5.74) is 0. The lowest BCUT2D eigenvalue weighted by atomic mass is 9.84. The van der Waals surface area contributed by atoms with E-state index in [1.807, 2.05) is 0 Å². The summed E-state index contributed by atoms with van der Waals surface area (Å²) in [6.07, 6.45) is 7.32. The van der Waals surface area contributed by atoms with Crippen molar-refractivity contribution in [3.05, 3.63) is 0 Å². The number of hydrogen-bond acceptors (Lipinski definition) is 2. The second-order valence-corrected chi connectivity index (χ2v) is 4.62. The molecule has 0 saturated heterocycles. The van der Waals surface area contributed by atoms with Gasteiger partial charge in [0.15, 0.2) is 0 Å². The fourth-order valence-electron chi connectivity index (χ4n) is 2.72. The second kappa shape index (κ2) is 6.85. The fraction of sp³-hybridized carbons (Fsp3) is 0.923. The summed E-state index contributed by atoms with van der Waals surface area (Å²) in [7, 11) is 0.